The summed E-state index contributed by atoms with van der Waals surface area (Å²) in [6, 6.07) is 17.6. The van der Waals surface area contributed by atoms with E-state index in [0.717, 1.165) is 12.3 Å². The topological polar surface area (TPSA) is 12.0 Å². The predicted molar refractivity (Wildman–Crippen MR) is 93.8 cm³/mol. The molecule has 2 aromatic carbocycles. The zero-order valence-electron chi connectivity index (χ0n) is 13.4. The molecular weight excluding hydrogens is 274 g/mol. The van der Waals surface area contributed by atoms with Crippen LogP contribution in [0.3, 0.4) is 0 Å². The maximum Gasteiger partial charge on any atom is 0.0232 e. The van der Waals surface area contributed by atoms with Crippen LogP contribution in [0.1, 0.15) is 37.5 Å². The molecule has 0 radical (unpaired) electrons. The highest BCUT2D eigenvalue weighted by atomic mass is 32.2. The van der Waals surface area contributed by atoms with Gasteiger partial charge in [-0.15, -0.1) is 11.8 Å². The summed E-state index contributed by atoms with van der Waals surface area (Å²) in [5, 5.41) is 3.54. The normalized spacial score (nSPS) is 11.6. The molecule has 0 amide bonds. The van der Waals surface area contributed by atoms with Crippen molar-refractivity contribution >= 4 is 11.8 Å². The minimum Gasteiger partial charge on any atom is -0.308 e. The van der Waals surface area contributed by atoms with Crippen LogP contribution in [-0.4, -0.2) is 5.54 Å². The van der Waals surface area contributed by atoms with Gasteiger partial charge in [-0.25, -0.2) is 0 Å². The fourth-order valence-corrected chi connectivity index (χ4v) is 3.00. The molecule has 0 saturated heterocycles. The summed E-state index contributed by atoms with van der Waals surface area (Å²) < 4.78 is 0. The Kier molecular flexibility index (Phi) is 5.49. The Hall–Kier alpha value is -1.25. The number of hydrogen-bond acceptors (Lipinski definition) is 2. The fraction of sp³-hybridized carbons (Fsp3) is 0.368. The molecule has 0 aliphatic heterocycles. The summed E-state index contributed by atoms with van der Waals surface area (Å²) in [5.74, 6) is 1.03. The van der Waals surface area contributed by atoms with Crippen molar-refractivity contribution in [3.8, 4) is 0 Å². The fourth-order valence-electron chi connectivity index (χ4n) is 2.08. The van der Waals surface area contributed by atoms with Crippen molar-refractivity contribution < 1.29 is 0 Å². The summed E-state index contributed by atoms with van der Waals surface area (Å²) in [4.78, 5) is 1.34. The van der Waals surface area contributed by atoms with Crippen LogP contribution < -0.4 is 5.32 Å². The van der Waals surface area contributed by atoms with E-state index >= 15 is 0 Å². The second kappa shape index (κ2) is 7.15. The van der Waals surface area contributed by atoms with Crippen LogP contribution in [0.15, 0.2) is 53.4 Å². The predicted octanol–water partition coefficient (Wildman–Crippen LogP) is 5.18. The third kappa shape index (κ3) is 5.94. The van der Waals surface area contributed by atoms with Crippen LogP contribution in [0.5, 0.6) is 0 Å². The average molecular weight is 299 g/mol. The number of benzene rings is 2. The quantitative estimate of drug-likeness (QED) is 0.764. The Morgan fingerprint density at radius 2 is 1.67 bits per heavy atom. The van der Waals surface area contributed by atoms with Gasteiger partial charge in [0.2, 0.25) is 0 Å². The molecule has 0 fully saturated rings. The molecule has 0 heterocycles. The molecule has 0 unspecified atom stereocenters. The molecule has 2 aromatic rings. The lowest BCUT2D eigenvalue weighted by Crippen LogP contribution is -2.35. The van der Waals surface area contributed by atoms with E-state index in [2.05, 4.69) is 81.5 Å². The van der Waals surface area contributed by atoms with Crippen molar-refractivity contribution in [2.45, 2.75) is 50.4 Å². The van der Waals surface area contributed by atoms with Gasteiger partial charge in [0.05, 0.1) is 0 Å². The molecule has 0 atom stereocenters. The molecule has 2 heteroatoms. The van der Waals surface area contributed by atoms with E-state index in [9.17, 15) is 0 Å². The molecule has 2 rings (SSSR count). The number of hydrogen-bond donors (Lipinski definition) is 1. The lowest BCUT2D eigenvalue weighted by molar-refractivity contribution is 0.424. The van der Waals surface area contributed by atoms with E-state index in [1.165, 1.54) is 21.6 Å². The van der Waals surface area contributed by atoms with Gasteiger partial charge in [0.15, 0.2) is 0 Å². The summed E-state index contributed by atoms with van der Waals surface area (Å²) in [7, 11) is 0. The Morgan fingerprint density at radius 3 is 2.38 bits per heavy atom. The molecular formula is C19H25NS. The smallest absolute Gasteiger partial charge is 0.0232 e. The number of aryl methyl sites for hydroxylation is 1. The van der Waals surface area contributed by atoms with Gasteiger partial charge < -0.3 is 5.32 Å². The Labute approximate surface area is 133 Å². The Morgan fingerprint density at radius 1 is 0.952 bits per heavy atom. The van der Waals surface area contributed by atoms with Crippen LogP contribution >= 0.6 is 11.8 Å². The van der Waals surface area contributed by atoms with Gasteiger partial charge in [0.25, 0.3) is 0 Å². The second-order valence-electron chi connectivity index (χ2n) is 6.53. The summed E-state index contributed by atoms with van der Waals surface area (Å²) in [5.41, 5.74) is 4.22. The Bertz CT molecular complexity index is 584. The molecule has 1 N–H and O–H groups in total. The minimum atomic E-state index is 0.157. The van der Waals surface area contributed by atoms with Gasteiger partial charge in [-0.3, -0.25) is 0 Å². The molecule has 0 aliphatic carbocycles. The first-order chi connectivity index (χ1) is 9.92. The molecule has 0 aromatic heterocycles. The lowest BCUT2D eigenvalue weighted by atomic mass is 10.1. The van der Waals surface area contributed by atoms with Crippen LogP contribution in [0, 0.1) is 6.92 Å². The molecule has 0 spiro atoms. The molecule has 0 aliphatic rings. The average Bonchev–Trinajstić information content (AvgIpc) is 2.43. The first-order valence-corrected chi connectivity index (χ1v) is 8.43. The van der Waals surface area contributed by atoms with Crippen LogP contribution in [0.2, 0.25) is 0 Å². The third-order valence-electron chi connectivity index (χ3n) is 3.21. The summed E-state index contributed by atoms with van der Waals surface area (Å²) in [6.45, 7) is 9.66. The molecule has 21 heavy (non-hydrogen) atoms. The maximum atomic E-state index is 3.54. The SMILES string of the molecule is Cc1cccc(CSc2cccc(CNC(C)(C)C)c2)c1. The second-order valence-corrected chi connectivity index (χ2v) is 7.58. The van der Waals surface area contributed by atoms with Gasteiger partial charge in [-0.2, -0.15) is 0 Å². The van der Waals surface area contributed by atoms with E-state index in [4.69, 9.17) is 0 Å². The summed E-state index contributed by atoms with van der Waals surface area (Å²) in [6.07, 6.45) is 0. The van der Waals surface area contributed by atoms with Gasteiger partial charge in [-0.05, 0) is 51.0 Å². The van der Waals surface area contributed by atoms with E-state index in [1.54, 1.807) is 0 Å². The standard InChI is InChI=1S/C19H25NS/c1-15-7-5-9-17(11-15)14-21-18-10-6-8-16(12-18)13-20-19(2,3)4/h5-12,20H,13-14H2,1-4H3. The first kappa shape index (κ1) is 16.1. The summed E-state index contributed by atoms with van der Waals surface area (Å²) >= 11 is 1.90. The molecule has 1 nitrogen and oxygen atoms in total. The van der Waals surface area contributed by atoms with Gasteiger partial charge >= 0.3 is 0 Å². The van der Waals surface area contributed by atoms with Gasteiger partial charge in [0.1, 0.15) is 0 Å². The van der Waals surface area contributed by atoms with E-state index in [0.29, 0.717) is 0 Å². The number of thioether (sulfide) groups is 1. The largest absolute Gasteiger partial charge is 0.308 e. The van der Waals surface area contributed by atoms with E-state index in [-0.39, 0.29) is 5.54 Å². The van der Waals surface area contributed by atoms with Crippen molar-refractivity contribution in [2.75, 3.05) is 0 Å². The van der Waals surface area contributed by atoms with Crippen LogP contribution in [-0.2, 0) is 12.3 Å². The van der Waals surface area contributed by atoms with E-state index < -0.39 is 0 Å². The van der Waals surface area contributed by atoms with Crippen LogP contribution in [0.25, 0.3) is 0 Å². The Balaban J connectivity index is 1.95. The van der Waals surface area contributed by atoms with Crippen molar-refractivity contribution in [2.24, 2.45) is 0 Å². The molecule has 0 bridgehead atoms. The van der Waals surface area contributed by atoms with Crippen molar-refractivity contribution in [1.29, 1.82) is 0 Å². The monoisotopic (exact) mass is 299 g/mol. The molecule has 0 saturated carbocycles. The number of rotatable bonds is 5. The third-order valence-corrected chi connectivity index (χ3v) is 4.27. The highest BCUT2D eigenvalue weighted by Crippen LogP contribution is 2.24. The molecule has 112 valence electrons. The van der Waals surface area contributed by atoms with Gasteiger partial charge in [0, 0.05) is 22.7 Å². The van der Waals surface area contributed by atoms with Crippen molar-refractivity contribution in [1.82, 2.24) is 5.32 Å². The first-order valence-electron chi connectivity index (χ1n) is 7.45. The highest BCUT2D eigenvalue weighted by Gasteiger charge is 2.08. The maximum absolute atomic E-state index is 3.54. The zero-order chi connectivity index (χ0) is 15.3. The van der Waals surface area contributed by atoms with Crippen molar-refractivity contribution in [3.63, 3.8) is 0 Å². The highest BCUT2D eigenvalue weighted by molar-refractivity contribution is 7.98. The van der Waals surface area contributed by atoms with E-state index in [1.807, 2.05) is 11.8 Å². The van der Waals surface area contributed by atoms with Crippen LogP contribution in [0.4, 0.5) is 0 Å². The zero-order valence-corrected chi connectivity index (χ0v) is 14.3. The lowest BCUT2D eigenvalue weighted by Gasteiger charge is -2.20. The minimum absolute atomic E-state index is 0.157. The van der Waals surface area contributed by atoms with Gasteiger partial charge in [-0.1, -0.05) is 42.0 Å². The number of nitrogens with one attached hydrogen (secondary N) is 1. The van der Waals surface area contributed by atoms with Crippen molar-refractivity contribution in [3.05, 3.63) is 65.2 Å².